The standard InChI is InChI=1S/C33H44FN7O4/c1-3-15-42-17-19-44-21-22-45-20-18-43-16-14-39-10-12-40(13-11-39)31-7-4-27(24-28(31)34)41-25(2)37-30-6-5-29(38-33(30)41)26-8-9-36-32(35)23-26/h4-9,23-24H,3,10-22H2,1-2H3,(H2,35,36). The first kappa shape index (κ1) is 32.7. The van der Waals surface area contributed by atoms with Crippen LogP contribution in [0.5, 0.6) is 0 Å². The van der Waals surface area contributed by atoms with Crippen LogP contribution in [-0.2, 0) is 18.9 Å². The lowest BCUT2D eigenvalue weighted by Crippen LogP contribution is -2.47. The van der Waals surface area contributed by atoms with Crippen LogP contribution in [0.15, 0.2) is 48.7 Å². The highest BCUT2D eigenvalue weighted by Gasteiger charge is 2.21. The lowest BCUT2D eigenvalue weighted by Gasteiger charge is -2.36. The van der Waals surface area contributed by atoms with E-state index in [0.717, 1.165) is 68.3 Å². The van der Waals surface area contributed by atoms with E-state index in [0.29, 0.717) is 69.1 Å². The number of halogens is 1. The Morgan fingerprint density at radius 2 is 1.49 bits per heavy atom. The molecule has 45 heavy (non-hydrogen) atoms. The van der Waals surface area contributed by atoms with Crippen LogP contribution < -0.4 is 10.6 Å². The van der Waals surface area contributed by atoms with Crippen LogP contribution in [0.3, 0.4) is 0 Å². The van der Waals surface area contributed by atoms with Gasteiger partial charge in [-0.1, -0.05) is 6.92 Å². The molecule has 0 spiro atoms. The molecule has 1 fully saturated rings. The van der Waals surface area contributed by atoms with Crippen molar-refractivity contribution in [3.8, 4) is 16.9 Å². The second kappa shape index (κ2) is 16.6. The Hall–Kier alpha value is -3.68. The highest BCUT2D eigenvalue weighted by Crippen LogP contribution is 2.28. The maximum atomic E-state index is 15.6. The number of aryl methyl sites for hydroxylation is 1. The summed E-state index contributed by atoms with van der Waals surface area (Å²) in [5, 5.41) is 0. The summed E-state index contributed by atoms with van der Waals surface area (Å²) in [7, 11) is 0. The number of nitrogen functional groups attached to an aromatic ring is 1. The molecule has 1 aliphatic rings. The van der Waals surface area contributed by atoms with Gasteiger partial charge < -0.3 is 29.6 Å². The minimum absolute atomic E-state index is 0.265. The van der Waals surface area contributed by atoms with Gasteiger partial charge in [0.15, 0.2) is 5.65 Å². The van der Waals surface area contributed by atoms with Gasteiger partial charge in [0.1, 0.15) is 23.0 Å². The molecule has 0 unspecified atom stereocenters. The van der Waals surface area contributed by atoms with Crippen LogP contribution in [0.4, 0.5) is 15.9 Å². The van der Waals surface area contributed by atoms with E-state index in [1.54, 1.807) is 18.3 Å². The fraction of sp³-hybridized carbons (Fsp3) is 0.485. The number of imidazole rings is 1. The summed E-state index contributed by atoms with van der Waals surface area (Å²) in [4.78, 5) is 18.0. The molecule has 0 aliphatic carbocycles. The second-order valence-electron chi connectivity index (χ2n) is 10.9. The number of benzene rings is 1. The molecule has 0 amide bonds. The predicted molar refractivity (Wildman–Crippen MR) is 173 cm³/mol. The molecular formula is C33H44FN7O4. The van der Waals surface area contributed by atoms with Gasteiger partial charge in [0, 0.05) is 57.2 Å². The van der Waals surface area contributed by atoms with Crippen molar-refractivity contribution in [2.24, 2.45) is 0 Å². The summed E-state index contributed by atoms with van der Waals surface area (Å²) in [5.74, 6) is 0.892. The number of pyridine rings is 2. The summed E-state index contributed by atoms with van der Waals surface area (Å²) >= 11 is 0. The number of piperazine rings is 1. The molecular weight excluding hydrogens is 577 g/mol. The lowest BCUT2D eigenvalue weighted by molar-refractivity contribution is -0.00389. The van der Waals surface area contributed by atoms with E-state index in [4.69, 9.17) is 29.7 Å². The molecule has 12 heteroatoms. The summed E-state index contributed by atoms with van der Waals surface area (Å²) in [6, 6.07) is 12.8. The third-order valence-electron chi connectivity index (χ3n) is 7.67. The van der Waals surface area contributed by atoms with Crippen molar-refractivity contribution in [3.63, 3.8) is 0 Å². The first-order chi connectivity index (χ1) is 22.0. The maximum Gasteiger partial charge on any atom is 0.165 e. The smallest absolute Gasteiger partial charge is 0.165 e. The largest absolute Gasteiger partial charge is 0.384 e. The van der Waals surface area contributed by atoms with Crippen LogP contribution >= 0.6 is 0 Å². The summed E-state index contributed by atoms with van der Waals surface area (Å²) in [6.45, 7) is 12.8. The van der Waals surface area contributed by atoms with Gasteiger partial charge in [-0.05, 0) is 49.7 Å². The molecule has 1 aliphatic heterocycles. The topological polar surface area (TPSA) is 113 Å². The van der Waals surface area contributed by atoms with E-state index in [2.05, 4.69) is 26.7 Å². The maximum absolute atomic E-state index is 15.6. The van der Waals surface area contributed by atoms with Crippen molar-refractivity contribution in [1.82, 2.24) is 24.4 Å². The first-order valence-corrected chi connectivity index (χ1v) is 15.7. The van der Waals surface area contributed by atoms with Gasteiger partial charge in [-0.25, -0.2) is 19.3 Å². The van der Waals surface area contributed by atoms with Gasteiger partial charge in [-0.2, -0.15) is 0 Å². The number of aromatic nitrogens is 4. The zero-order chi connectivity index (χ0) is 31.4. The quantitative estimate of drug-likeness (QED) is 0.173. The first-order valence-electron chi connectivity index (χ1n) is 15.7. The van der Waals surface area contributed by atoms with Crippen molar-refractivity contribution < 1.29 is 23.3 Å². The Balaban J connectivity index is 1.07. The molecule has 0 atom stereocenters. The molecule has 4 heterocycles. The molecule has 2 N–H and O–H groups in total. The molecule has 0 saturated carbocycles. The van der Waals surface area contributed by atoms with Gasteiger partial charge in [0.05, 0.1) is 63.3 Å². The molecule has 5 rings (SSSR count). The Labute approximate surface area is 264 Å². The minimum Gasteiger partial charge on any atom is -0.384 e. The number of nitrogens with two attached hydrogens (primary N) is 1. The van der Waals surface area contributed by atoms with E-state index in [9.17, 15) is 0 Å². The number of hydrogen-bond donors (Lipinski definition) is 1. The van der Waals surface area contributed by atoms with Crippen LogP contribution in [-0.4, -0.2) is 110 Å². The van der Waals surface area contributed by atoms with Crippen molar-refractivity contribution in [1.29, 1.82) is 0 Å². The SMILES string of the molecule is CCCOCCOCCOCCOCCN1CCN(c2ccc(-n3c(C)nc4ccc(-c5ccnc(N)c5)nc43)cc2F)CC1. The average molecular weight is 622 g/mol. The third kappa shape index (κ3) is 8.95. The molecule has 242 valence electrons. The number of nitrogens with zero attached hydrogens (tertiary/aromatic N) is 6. The van der Waals surface area contributed by atoms with Crippen molar-refractivity contribution in [2.45, 2.75) is 20.3 Å². The zero-order valence-electron chi connectivity index (χ0n) is 26.3. The highest BCUT2D eigenvalue weighted by molar-refractivity contribution is 5.78. The van der Waals surface area contributed by atoms with E-state index in [1.807, 2.05) is 41.8 Å². The summed E-state index contributed by atoms with van der Waals surface area (Å²) < 4.78 is 39.6. The average Bonchev–Trinajstić information content (AvgIpc) is 3.38. The third-order valence-corrected chi connectivity index (χ3v) is 7.67. The summed E-state index contributed by atoms with van der Waals surface area (Å²) in [5.41, 5.74) is 10.2. The monoisotopic (exact) mass is 621 g/mol. The molecule has 11 nitrogen and oxygen atoms in total. The minimum atomic E-state index is -0.265. The Kier molecular flexibility index (Phi) is 12.0. The number of rotatable bonds is 17. The van der Waals surface area contributed by atoms with E-state index >= 15 is 4.39 Å². The fourth-order valence-corrected chi connectivity index (χ4v) is 5.35. The van der Waals surface area contributed by atoms with Crippen LogP contribution in [0.25, 0.3) is 28.1 Å². The lowest BCUT2D eigenvalue weighted by atomic mass is 10.1. The molecule has 1 saturated heterocycles. The van der Waals surface area contributed by atoms with E-state index < -0.39 is 0 Å². The van der Waals surface area contributed by atoms with E-state index in [1.165, 1.54) is 0 Å². The van der Waals surface area contributed by atoms with Crippen molar-refractivity contribution in [3.05, 3.63) is 60.3 Å². The normalized spacial score (nSPS) is 14.1. The van der Waals surface area contributed by atoms with E-state index in [-0.39, 0.29) is 5.82 Å². The van der Waals surface area contributed by atoms with Crippen LogP contribution in [0.2, 0.25) is 0 Å². The van der Waals surface area contributed by atoms with Gasteiger partial charge in [-0.15, -0.1) is 0 Å². The fourth-order valence-electron chi connectivity index (χ4n) is 5.35. The number of hydrogen-bond acceptors (Lipinski definition) is 10. The molecule has 0 radical (unpaired) electrons. The van der Waals surface area contributed by atoms with Gasteiger partial charge in [0.25, 0.3) is 0 Å². The van der Waals surface area contributed by atoms with Crippen LogP contribution in [0, 0.1) is 12.7 Å². The van der Waals surface area contributed by atoms with Crippen molar-refractivity contribution in [2.75, 3.05) is 96.2 Å². The number of anilines is 2. The predicted octanol–water partition coefficient (Wildman–Crippen LogP) is 4.11. The molecule has 4 aromatic rings. The van der Waals surface area contributed by atoms with Gasteiger partial charge in [0.2, 0.25) is 0 Å². The second-order valence-corrected chi connectivity index (χ2v) is 10.9. The molecule has 1 aromatic carbocycles. The van der Waals surface area contributed by atoms with Crippen LogP contribution in [0.1, 0.15) is 19.2 Å². The number of fused-ring (bicyclic) bond motifs is 1. The molecule has 0 bridgehead atoms. The Morgan fingerprint density at radius 1 is 0.800 bits per heavy atom. The highest BCUT2D eigenvalue weighted by atomic mass is 19.1. The van der Waals surface area contributed by atoms with Crippen molar-refractivity contribution >= 4 is 22.7 Å². The van der Waals surface area contributed by atoms with Gasteiger partial charge in [-0.3, -0.25) is 9.47 Å². The summed E-state index contributed by atoms with van der Waals surface area (Å²) in [6.07, 6.45) is 2.68. The zero-order valence-corrected chi connectivity index (χ0v) is 26.3. The Morgan fingerprint density at radius 3 is 2.16 bits per heavy atom. The number of ether oxygens (including phenoxy) is 4. The Bertz CT molecular complexity index is 1510. The molecule has 3 aromatic heterocycles. The van der Waals surface area contributed by atoms with Gasteiger partial charge >= 0.3 is 0 Å².